The average Bonchev–Trinajstić information content (AvgIpc) is 2.26. The molecule has 0 unspecified atom stereocenters. The lowest BCUT2D eigenvalue weighted by Gasteiger charge is -2.19. The van der Waals surface area contributed by atoms with Gasteiger partial charge in [0.1, 0.15) is 0 Å². The molecule has 0 saturated carbocycles. The molecule has 94 valence electrons. The molecule has 0 aliphatic heterocycles. The van der Waals surface area contributed by atoms with E-state index in [0.717, 1.165) is 5.56 Å². The van der Waals surface area contributed by atoms with Crippen molar-refractivity contribution in [1.29, 1.82) is 0 Å². The minimum Gasteiger partial charge on any atom is -0.395 e. The highest BCUT2D eigenvalue weighted by atomic mass is 16.3. The van der Waals surface area contributed by atoms with E-state index in [1.807, 2.05) is 12.1 Å². The van der Waals surface area contributed by atoms with Crippen LogP contribution >= 0.6 is 0 Å². The zero-order valence-corrected chi connectivity index (χ0v) is 10.8. The lowest BCUT2D eigenvalue weighted by molar-refractivity contribution is -0.120. The SMILES string of the molecule is CC(C)(C)c1ccc(CC(=O)NCCO)cc1. The van der Waals surface area contributed by atoms with E-state index in [-0.39, 0.29) is 17.9 Å². The Labute approximate surface area is 103 Å². The van der Waals surface area contributed by atoms with Gasteiger partial charge in [-0.15, -0.1) is 0 Å². The molecule has 0 aliphatic carbocycles. The topological polar surface area (TPSA) is 49.3 Å². The molecule has 3 heteroatoms. The summed E-state index contributed by atoms with van der Waals surface area (Å²) >= 11 is 0. The maximum atomic E-state index is 11.4. The van der Waals surface area contributed by atoms with Crippen molar-refractivity contribution in [1.82, 2.24) is 5.32 Å². The highest BCUT2D eigenvalue weighted by Gasteiger charge is 2.13. The molecule has 0 heterocycles. The van der Waals surface area contributed by atoms with E-state index in [4.69, 9.17) is 5.11 Å². The Balaban J connectivity index is 2.60. The van der Waals surface area contributed by atoms with Crippen LogP contribution in [0.5, 0.6) is 0 Å². The van der Waals surface area contributed by atoms with Crippen LogP contribution in [-0.2, 0) is 16.6 Å². The minimum atomic E-state index is -0.0532. The molecule has 0 aliphatic rings. The molecule has 3 nitrogen and oxygen atoms in total. The van der Waals surface area contributed by atoms with Gasteiger partial charge in [0.05, 0.1) is 13.0 Å². The van der Waals surface area contributed by atoms with Gasteiger partial charge in [-0.3, -0.25) is 4.79 Å². The number of aliphatic hydroxyl groups excluding tert-OH is 1. The Kier molecular flexibility index (Phi) is 4.70. The van der Waals surface area contributed by atoms with Crippen LogP contribution in [0, 0.1) is 0 Å². The monoisotopic (exact) mass is 235 g/mol. The van der Waals surface area contributed by atoms with E-state index in [1.54, 1.807) is 0 Å². The summed E-state index contributed by atoms with van der Waals surface area (Å²) in [6, 6.07) is 8.10. The van der Waals surface area contributed by atoms with Crippen LogP contribution in [0.4, 0.5) is 0 Å². The van der Waals surface area contributed by atoms with E-state index >= 15 is 0 Å². The first-order valence-electron chi connectivity index (χ1n) is 5.90. The summed E-state index contributed by atoms with van der Waals surface area (Å²) < 4.78 is 0. The summed E-state index contributed by atoms with van der Waals surface area (Å²) in [5.74, 6) is -0.0532. The van der Waals surface area contributed by atoms with Gasteiger partial charge < -0.3 is 10.4 Å². The molecule has 1 aromatic rings. The van der Waals surface area contributed by atoms with Crippen molar-refractivity contribution in [2.75, 3.05) is 13.2 Å². The van der Waals surface area contributed by atoms with E-state index in [0.29, 0.717) is 13.0 Å². The number of rotatable bonds is 4. The van der Waals surface area contributed by atoms with Crippen molar-refractivity contribution in [3.8, 4) is 0 Å². The van der Waals surface area contributed by atoms with Gasteiger partial charge in [-0.25, -0.2) is 0 Å². The number of hydrogen-bond acceptors (Lipinski definition) is 2. The van der Waals surface area contributed by atoms with Crippen molar-refractivity contribution in [2.24, 2.45) is 0 Å². The second-order valence-electron chi connectivity index (χ2n) is 5.20. The number of carbonyl (C=O) groups excluding carboxylic acids is 1. The van der Waals surface area contributed by atoms with Crippen molar-refractivity contribution in [2.45, 2.75) is 32.6 Å². The average molecular weight is 235 g/mol. The number of benzene rings is 1. The Morgan fingerprint density at radius 1 is 1.24 bits per heavy atom. The van der Waals surface area contributed by atoms with Crippen LogP contribution in [0.2, 0.25) is 0 Å². The van der Waals surface area contributed by atoms with E-state index < -0.39 is 0 Å². The van der Waals surface area contributed by atoms with Gasteiger partial charge >= 0.3 is 0 Å². The lowest BCUT2D eigenvalue weighted by atomic mass is 9.86. The van der Waals surface area contributed by atoms with Crippen LogP contribution < -0.4 is 5.32 Å². The number of amides is 1. The second-order valence-corrected chi connectivity index (χ2v) is 5.20. The Morgan fingerprint density at radius 2 is 1.82 bits per heavy atom. The van der Waals surface area contributed by atoms with Gasteiger partial charge in [0.25, 0.3) is 0 Å². The fraction of sp³-hybridized carbons (Fsp3) is 0.500. The Bertz CT molecular complexity index is 363. The third-order valence-electron chi connectivity index (χ3n) is 2.62. The zero-order chi connectivity index (χ0) is 12.9. The molecule has 17 heavy (non-hydrogen) atoms. The molecular weight excluding hydrogens is 214 g/mol. The summed E-state index contributed by atoms with van der Waals surface area (Å²) in [7, 11) is 0. The first-order chi connectivity index (χ1) is 7.93. The molecule has 0 bridgehead atoms. The predicted molar refractivity (Wildman–Crippen MR) is 68.9 cm³/mol. The third-order valence-corrected chi connectivity index (χ3v) is 2.62. The summed E-state index contributed by atoms with van der Waals surface area (Å²) in [6.45, 7) is 6.79. The summed E-state index contributed by atoms with van der Waals surface area (Å²) in [5, 5.41) is 11.2. The van der Waals surface area contributed by atoms with Crippen LogP contribution in [0.25, 0.3) is 0 Å². The minimum absolute atomic E-state index is 0.0191. The fourth-order valence-electron chi connectivity index (χ4n) is 1.57. The van der Waals surface area contributed by atoms with Gasteiger partial charge in [-0.1, -0.05) is 45.0 Å². The van der Waals surface area contributed by atoms with Crippen molar-refractivity contribution < 1.29 is 9.90 Å². The molecule has 1 aromatic carbocycles. The van der Waals surface area contributed by atoms with Gasteiger partial charge in [-0.2, -0.15) is 0 Å². The molecule has 1 rings (SSSR count). The standard InChI is InChI=1S/C14H21NO2/c1-14(2,3)12-6-4-11(5-7-12)10-13(17)15-8-9-16/h4-7,16H,8-10H2,1-3H3,(H,15,17). The summed E-state index contributed by atoms with van der Waals surface area (Å²) in [6.07, 6.45) is 0.365. The third kappa shape index (κ3) is 4.57. The number of hydrogen-bond donors (Lipinski definition) is 2. The predicted octanol–water partition coefficient (Wildman–Crippen LogP) is 1.64. The molecule has 0 atom stereocenters. The molecule has 0 radical (unpaired) electrons. The maximum absolute atomic E-state index is 11.4. The van der Waals surface area contributed by atoms with Gasteiger partial charge in [0.2, 0.25) is 5.91 Å². The normalized spacial score (nSPS) is 11.3. The van der Waals surface area contributed by atoms with Crippen molar-refractivity contribution in [3.05, 3.63) is 35.4 Å². The Hall–Kier alpha value is -1.35. The quantitative estimate of drug-likeness (QED) is 0.833. The van der Waals surface area contributed by atoms with Crippen LogP contribution in [0.1, 0.15) is 31.9 Å². The smallest absolute Gasteiger partial charge is 0.224 e. The highest BCUT2D eigenvalue weighted by molar-refractivity contribution is 5.78. The number of aliphatic hydroxyl groups is 1. The van der Waals surface area contributed by atoms with Crippen LogP contribution in [-0.4, -0.2) is 24.2 Å². The van der Waals surface area contributed by atoms with Crippen molar-refractivity contribution in [3.63, 3.8) is 0 Å². The van der Waals surface area contributed by atoms with Gasteiger partial charge in [0, 0.05) is 6.54 Å². The van der Waals surface area contributed by atoms with Crippen LogP contribution in [0.3, 0.4) is 0 Å². The number of nitrogens with one attached hydrogen (secondary N) is 1. The van der Waals surface area contributed by atoms with Crippen molar-refractivity contribution >= 4 is 5.91 Å². The van der Waals surface area contributed by atoms with Gasteiger partial charge in [0.15, 0.2) is 0 Å². The van der Waals surface area contributed by atoms with E-state index in [2.05, 4.69) is 38.2 Å². The van der Waals surface area contributed by atoms with E-state index in [1.165, 1.54) is 5.56 Å². The maximum Gasteiger partial charge on any atom is 0.224 e. The second kappa shape index (κ2) is 5.82. The molecule has 1 amide bonds. The summed E-state index contributed by atoms with van der Waals surface area (Å²) in [4.78, 5) is 11.4. The Morgan fingerprint density at radius 3 is 2.29 bits per heavy atom. The molecule has 0 saturated heterocycles. The summed E-state index contributed by atoms with van der Waals surface area (Å²) in [5.41, 5.74) is 2.39. The first-order valence-corrected chi connectivity index (χ1v) is 5.90. The molecule has 0 spiro atoms. The van der Waals surface area contributed by atoms with Crippen LogP contribution in [0.15, 0.2) is 24.3 Å². The first kappa shape index (κ1) is 13.7. The number of carbonyl (C=O) groups is 1. The lowest BCUT2D eigenvalue weighted by Crippen LogP contribution is -2.27. The van der Waals surface area contributed by atoms with E-state index in [9.17, 15) is 4.79 Å². The zero-order valence-electron chi connectivity index (χ0n) is 10.8. The molecule has 2 N–H and O–H groups in total. The van der Waals surface area contributed by atoms with Gasteiger partial charge in [-0.05, 0) is 16.5 Å². The molecular formula is C14H21NO2. The molecule has 0 fully saturated rings. The molecule has 0 aromatic heterocycles. The largest absolute Gasteiger partial charge is 0.395 e. The fourth-order valence-corrected chi connectivity index (χ4v) is 1.57. The highest BCUT2D eigenvalue weighted by Crippen LogP contribution is 2.22.